The topological polar surface area (TPSA) is 53.1 Å². The number of piperazine rings is 1. The minimum atomic E-state index is 0.209. The third-order valence-electron chi connectivity index (χ3n) is 6.59. The van der Waals surface area contributed by atoms with Crippen LogP contribution in [0.5, 0.6) is 5.75 Å². The van der Waals surface area contributed by atoms with Crippen LogP contribution in [-0.4, -0.2) is 79.4 Å². The van der Waals surface area contributed by atoms with E-state index < -0.39 is 0 Å². The molecule has 0 saturated carbocycles. The minimum Gasteiger partial charge on any atom is -0.496 e. The van der Waals surface area contributed by atoms with Gasteiger partial charge in [-0.15, -0.1) is 0 Å². The van der Waals surface area contributed by atoms with Crippen LogP contribution in [0.25, 0.3) is 6.08 Å². The first-order chi connectivity index (χ1) is 17.0. The number of carbonyl (C=O) groups is 2. The second-order valence-corrected chi connectivity index (χ2v) is 11.9. The van der Waals surface area contributed by atoms with Gasteiger partial charge in [-0.2, -0.15) is 0 Å². The van der Waals surface area contributed by atoms with E-state index in [9.17, 15) is 9.59 Å². The average Bonchev–Trinajstić information content (AvgIpc) is 2.80. The van der Waals surface area contributed by atoms with Crippen molar-refractivity contribution in [3.63, 3.8) is 0 Å². The van der Waals surface area contributed by atoms with Crippen LogP contribution in [-0.2, 0) is 9.59 Å². The van der Waals surface area contributed by atoms with Gasteiger partial charge < -0.3 is 14.5 Å². The molecule has 2 rings (SSSR count). The molecule has 0 radical (unpaired) electrons. The summed E-state index contributed by atoms with van der Waals surface area (Å²) in [7, 11) is 1.68. The number of benzene rings is 1. The van der Waals surface area contributed by atoms with E-state index in [-0.39, 0.29) is 17.2 Å². The quantitative estimate of drug-likeness (QED) is 0.397. The van der Waals surface area contributed by atoms with E-state index in [4.69, 9.17) is 4.74 Å². The van der Waals surface area contributed by atoms with E-state index in [2.05, 4.69) is 52.5 Å². The Balaban J connectivity index is 1.98. The van der Waals surface area contributed by atoms with Gasteiger partial charge in [0.15, 0.2) is 0 Å². The fraction of sp³-hybridized carbons (Fsp3) is 0.667. The van der Waals surface area contributed by atoms with Crippen LogP contribution in [0.4, 0.5) is 0 Å². The summed E-state index contributed by atoms with van der Waals surface area (Å²) in [6.45, 7) is 18.4. The molecule has 1 aliphatic rings. The number of carbonyl (C=O) groups excluding carboxylic acids is 2. The summed E-state index contributed by atoms with van der Waals surface area (Å²) < 4.78 is 5.46. The summed E-state index contributed by atoms with van der Waals surface area (Å²) in [6, 6.07) is 7.92. The van der Waals surface area contributed by atoms with Crippen LogP contribution >= 0.6 is 0 Å². The molecule has 0 N–H and O–H groups in total. The number of hydrogen-bond donors (Lipinski definition) is 0. The molecule has 1 heterocycles. The number of amides is 2. The lowest BCUT2D eigenvalue weighted by molar-refractivity contribution is -0.133. The van der Waals surface area contributed by atoms with Gasteiger partial charge in [-0.3, -0.25) is 14.5 Å². The maximum absolute atomic E-state index is 13.3. The Morgan fingerprint density at radius 1 is 1.06 bits per heavy atom. The maximum Gasteiger partial charge on any atom is 0.223 e. The van der Waals surface area contributed by atoms with Crippen LogP contribution in [0, 0.1) is 17.3 Å². The van der Waals surface area contributed by atoms with Crippen molar-refractivity contribution >= 4 is 17.9 Å². The van der Waals surface area contributed by atoms with Gasteiger partial charge in [0.2, 0.25) is 11.8 Å². The fourth-order valence-corrected chi connectivity index (χ4v) is 4.93. The Hall–Kier alpha value is -2.34. The second kappa shape index (κ2) is 14.4. The van der Waals surface area contributed by atoms with Crippen LogP contribution in [0.15, 0.2) is 30.3 Å². The largest absolute Gasteiger partial charge is 0.496 e. The first kappa shape index (κ1) is 29.9. The molecule has 0 spiro atoms. The third kappa shape index (κ3) is 10.7. The molecule has 36 heavy (non-hydrogen) atoms. The molecule has 1 aromatic rings. The van der Waals surface area contributed by atoms with Crippen molar-refractivity contribution in [1.29, 1.82) is 0 Å². The smallest absolute Gasteiger partial charge is 0.223 e. The van der Waals surface area contributed by atoms with Gasteiger partial charge in [0.1, 0.15) is 5.75 Å². The molecule has 1 aliphatic heterocycles. The van der Waals surface area contributed by atoms with Crippen molar-refractivity contribution in [2.45, 2.75) is 60.8 Å². The molecule has 1 aromatic carbocycles. The Morgan fingerprint density at radius 2 is 1.72 bits per heavy atom. The van der Waals surface area contributed by atoms with Gasteiger partial charge >= 0.3 is 0 Å². The highest BCUT2D eigenvalue weighted by Crippen LogP contribution is 2.26. The lowest BCUT2D eigenvalue weighted by Gasteiger charge is -2.36. The Morgan fingerprint density at radius 3 is 2.33 bits per heavy atom. The van der Waals surface area contributed by atoms with Gasteiger partial charge in [-0.25, -0.2) is 0 Å². The summed E-state index contributed by atoms with van der Waals surface area (Å²) >= 11 is 0. The van der Waals surface area contributed by atoms with Crippen LogP contribution < -0.4 is 4.74 Å². The van der Waals surface area contributed by atoms with E-state index in [1.807, 2.05) is 40.1 Å². The predicted molar refractivity (Wildman–Crippen MR) is 149 cm³/mol. The van der Waals surface area contributed by atoms with E-state index in [0.717, 1.165) is 50.5 Å². The zero-order valence-electron chi connectivity index (χ0n) is 23.8. The molecule has 0 aliphatic carbocycles. The molecule has 1 fully saturated rings. The zero-order valence-corrected chi connectivity index (χ0v) is 23.8. The van der Waals surface area contributed by atoms with Crippen molar-refractivity contribution in [2.75, 3.05) is 52.9 Å². The van der Waals surface area contributed by atoms with E-state index in [0.29, 0.717) is 37.8 Å². The molecule has 1 saturated heterocycles. The van der Waals surface area contributed by atoms with Gasteiger partial charge in [-0.05, 0) is 29.7 Å². The molecule has 1 atom stereocenters. The summed E-state index contributed by atoms with van der Waals surface area (Å²) in [5.41, 5.74) is 1.22. The Bertz CT molecular complexity index is 851. The van der Waals surface area contributed by atoms with Gasteiger partial charge in [-0.1, -0.05) is 71.9 Å². The van der Waals surface area contributed by atoms with Crippen LogP contribution in [0.1, 0.15) is 66.4 Å². The molecule has 1 unspecified atom stereocenters. The Kier molecular flexibility index (Phi) is 12.0. The summed E-state index contributed by atoms with van der Waals surface area (Å²) in [4.78, 5) is 32.1. The summed E-state index contributed by atoms with van der Waals surface area (Å²) in [5, 5.41) is 0. The number of ether oxygens (including phenoxy) is 1. The second-order valence-electron chi connectivity index (χ2n) is 11.9. The zero-order chi connectivity index (χ0) is 26.7. The van der Waals surface area contributed by atoms with E-state index in [1.165, 1.54) is 0 Å². The molecule has 202 valence electrons. The van der Waals surface area contributed by atoms with E-state index >= 15 is 0 Å². The fourth-order valence-electron chi connectivity index (χ4n) is 4.93. The lowest BCUT2D eigenvalue weighted by atomic mass is 9.84. The summed E-state index contributed by atoms with van der Waals surface area (Å²) in [6.07, 6.45) is 6.31. The lowest BCUT2D eigenvalue weighted by Crippen LogP contribution is -2.50. The molecule has 6 nitrogen and oxygen atoms in total. The molecular formula is C30H49N3O3. The van der Waals surface area contributed by atoms with Crippen molar-refractivity contribution in [3.8, 4) is 5.75 Å². The monoisotopic (exact) mass is 499 g/mol. The SMILES string of the molecule is COc1ccccc1/C=C/CN(CCN1CCN(C(=O)CC(C)C)CC1)C(=O)CC(C)CC(C)(C)C. The number of para-hydroxylation sites is 1. The van der Waals surface area contributed by atoms with Crippen molar-refractivity contribution in [2.24, 2.45) is 17.3 Å². The third-order valence-corrected chi connectivity index (χ3v) is 6.59. The number of hydrogen-bond acceptors (Lipinski definition) is 4. The van der Waals surface area contributed by atoms with Gasteiger partial charge in [0.05, 0.1) is 7.11 Å². The molecule has 0 bridgehead atoms. The van der Waals surface area contributed by atoms with Gasteiger partial charge in [0.25, 0.3) is 0 Å². The first-order valence-corrected chi connectivity index (χ1v) is 13.6. The maximum atomic E-state index is 13.3. The van der Waals surface area contributed by atoms with Crippen molar-refractivity contribution in [1.82, 2.24) is 14.7 Å². The molecule has 6 heteroatoms. The highest BCUT2D eigenvalue weighted by molar-refractivity contribution is 5.77. The molecule has 2 amide bonds. The normalized spacial score (nSPS) is 15.9. The number of rotatable bonds is 12. The molecule has 0 aromatic heterocycles. The highest BCUT2D eigenvalue weighted by Gasteiger charge is 2.24. The van der Waals surface area contributed by atoms with Crippen molar-refractivity contribution < 1.29 is 14.3 Å². The van der Waals surface area contributed by atoms with E-state index in [1.54, 1.807) is 7.11 Å². The number of nitrogens with zero attached hydrogens (tertiary/aromatic N) is 3. The number of methoxy groups -OCH3 is 1. The highest BCUT2D eigenvalue weighted by atomic mass is 16.5. The Labute approximate surface area is 219 Å². The predicted octanol–water partition coefficient (Wildman–Crippen LogP) is 5.19. The molecular weight excluding hydrogens is 450 g/mol. The average molecular weight is 500 g/mol. The van der Waals surface area contributed by atoms with Crippen molar-refractivity contribution in [3.05, 3.63) is 35.9 Å². The van der Waals surface area contributed by atoms with Crippen LogP contribution in [0.2, 0.25) is 0 Å². The first-order valence-electron chi connectivity index (χ1n) is 13.6. The summed E-state index contributed by atoms with van der Waals surface area (Å²) in [5.74, 6) is 2.03. The van der Waals surface area contributed by atoms with Gasteiger partial charge in [0, 0.05) is 64.2 Å². The minimum absolute atomic E-state index is 0.209. The standard InChI is InChI=1S/C30H49N3O3/c1-24(2)21-28(34)33-19-16-31(17-20-33)15-18-32(29(35)22-25(3)23-30(4,5)6)14-10-12-26-11-8-9-13-27(26)36-7/h8-13,24-25H,14-23H2,1-7H3/b12-10+. The van der Waals surface area contributed by atoms with Crippen LogP contribution in [0.3, 0.4) is 0 Å².